The van der Waals surface area contributed by atoms with Crippen molar-refractivity contribution in [3.63, 3.8) is 0 Å². The molecule has 3 aliphatic rings. The SMILES string of the molecule is C[C@@H]1CN([C@@H]2CC[C@@](C(=O)N(C)c3cc(F)cc(C(F)(F)F)c3)(C3CC3)OC2)CC[C@H]1c1cccc(C(=O)O)c1. The highest BCUT2D eigenvalue weighted by Crippen LogP contribution is 2.49. The number of anilines is 1. The molecule has 10 heteroatoms. The Kier molecular flexibility index (Phi) is 7.69. The topological polar surface area (TPSA) is 70.1 Å². The summed E-state index contributed by atoms with van der Waals surface area (Å²) in [6, 6.07) is 9.38. The second-order valence-corrected chi connectivity index (χ2v) is 11.5. The second kappa shape index (κ2) is 10.8. The Bertz CT molecular complexity index is 1270. The van der Waals surface area contributed by atoms with Crippen LogP contribution in [0.1, 0.15) is 66.4 Å². The Labute approximate surface area is 230 Å². The number of likely N-dealkylation sites (tertiary alicyclic amines) is 1. The number of amides is 1. The number of carbonyl (C=O) groups excluding carboxylic acids is 1. The molecule has 0 bridgehead atoms. The van der Waals surface area contributed by atoms with E-state index in [1.807, 2.05) is 6.07 Å². The molecule has 1 aliphatic carbocycles. The van der Waals surface area contributed by atoms with Gasteiger partial charge in [0.2, 0.25) is 0 Å². The molecule has 2 heterocycles. The molecule has 40 heavy (non-hydrogen) atoms. The van der Waals surface area contributed by atoms with Crippen LogP contribution in [0.2, 0.25) is 0 Å². The molecule has 6 nitrogen and oxygen atoms in total. The normalized spacial score (nSPS) is 27.8. The molecule has 0 unspecified atom stereocenters. The van der Waals surface area contributed by atoms with Gasteiger partial charge in [-0.3, -0.25) is 9.69 Å². The van der Waals surface area contributed by atoms with Gasteiger partial charge in [0.15, 0.2) is 0 Å². The van der Waals surface area contributed by atoms with E-state index in [0.29, 0.717) is 25.5 Å². The molecule has 2 aromatic carbocycles. The van der Waals surface area contributed by atoms with Crippen molar-refractivity contribution in [1.82, 2.24) is 4.90 Å². The highest BCUT2D eigenvalue weighted by atomic mass is 19.4. The zero-order valence-electron chi connectivity index (χ0n) is 22.6. The van der Waals surface area contributed by atoms with Crippen molar-refractivity contribution < 1.29 is 37.0 Å². The zero-order chi connectivity index (χ0) is 28.8. The first kappa shape index (κ1) is 28.5. The summed E-state index contributed by atoms with van der Waals surface area (Å²) in [6.07, 6.45) is -1.09. The van der Waals surface area contributed by atoms with Gasteiger partial charge in [0.05, 0.1) is 17.7 Å². The maximum Gasteiger partial charge on any atom is 0.416 e. The van der Waals surface area contributed by atoms with Gasteiger partial charge >= 0.3 is 12.1 Å². The van der Waals surface area contributed by atoms with Crippen LogP contribution in [0.3, 0.4) is 0 Å². The lowest BCUT2D eigenvalue weighted by molar-refractivity contribution is -0.162. The van der Waals surface area contributed by atoms with Crippen LogP contribution in [-0.4, -0.2) is 60.3 Å². The van der Waals surface area contributed by atoms with Crippen molar-refractivity contribution in [3.05, 3.63) is 65.0 Å². The van der Waals surface area contributed by atoms with Crippen LogP contribution in [-0.2, 0) is 15.7 Å². The van der Waals surface area contributed by atoms with Crippen molar-refractivity contribution in [1.29, 1.82) is 0 Å². The van der Waals surface area contributed by atoms with Crippen LogP contribution in [0.15, 0.2) is 42.5 Å². The molecule has 0 radical (unpaired) electrons. The molecule has 216 valence electrons. The number of nitrogens with zero attached hydrogens (tertiary/aromatic N) is 2. The van der Waals surface area contributed by atoms with E-state index in [1.54, 1.807) is 18.2 Å². The summed E-state index contributed by atoms with van der Waals surface area (Å²) in [6.45, 7) is 4.12. The number of halogens is 4. The molecule has 1 saturated carbocycles. The molecule has 5 rings (SSSR count). The Morgan fingerprint density at radius 3 is 2.45 bits per heavy atom. The number of likely N-dealkylation sites (N-methyl/N-ethyl adjacent to an activating group) is 1. The maximum atomic E-state index is 14.1. The fraction of sp³-hybridized carbons (Fsp3) is 0.533. The number of aromatic carboxylic acids is 1. The zero-order valence-corrected chi connectivity index (χ0v) is 22.6. The smallest absolute Gasteiger partial charge is 0.416 e. The highest BCUT2D eigenvalue weighted by Gasteiger charge is 2.55. The maximum absolute atomic E-state index is 14.1. The molecule has 2 aliphatic heterocycles. The standard InChI is InChI=1S/C30H34F4N2O4/c1-18-16-36(11-9-26(18)19-4-3-5-20(12-19)27(37)38)24-8-10-29(40-17-24,21-6-7-21)28(39)35(2)25-14-22(30(32,33)34)13-23(31)15-25/h3-5,12-15,18,21,24,26H,6-11,16-17H2,1-2H3,(H,37,38)/t18-,24-,26-,29+/m1/s1. The number of rotatable bonds is 6. The first-order valence-corrected chi connectivity index (χ1v) is 13.8. The lowest BCUT2D eigenvalue weighted by Gasteiger charge is -2.47. The molecule has 0 spiro atoms. The van der Waals surface area contributed by atoms with Gasteiger partial charge in [-0.25, -0.2) is 9.18 Å². The lowest BCUT2D eigenvalue weighted by Crippen LogP contribution is -2.58. The van der Waals surface area contributed by atoms with Gasteiger partial charge in [0.1, 0.15) is 11.4 Å². The van der Waals surface area contributed by atoms with Gasteiger partial charge in [-0.1, -0.05) is 19.1 Å². The van der Waals surface area contributed by atoms with E-state index in [9.17, 15) is 32.3 Å². The lowest BCUT2D eigenvalue weighted by atomic mass is 9.79. The summed E-state index contributed by atoms with van der Waals surface area (Å²) in [7, 11) is 1.38. The first-order valence-electron chi connectivity index (χ1n) is 13.8. The first-order chi connectivity index (χ1) is 18.9. The van der Waals surface area contributed by atoms with Crippen LogP contribution < -0.4 is 4.90 Å². The average Bonchev–Trinajstić information content (AvgIpc) is 3.78. The Morgan fingerprint density at radius 2 is 1.85 bits per heavy atom. The fourth-order valence-corrected chi connectivity index (χ4v) is 6.52. The van der Waals surface area contributed by atoms with E-state index < -0.39 is 35.0 Å². The number of alkyl halides is 3. The van der Waals surface area contributed by atoms with Gasteiger partial charge in [-0.15, -0.1) is 0 Å². The molecular formula is C30H34F4N2O4. The van der Waals surface area contributed by atoms with E-state index in [-0.39, 0.29) is 35.0 Å². The van der Waals surface area contributed by atoms with Gasteiger partial charge in [0.25, 0.3) is 5.91 Å². The van der Waals surface area contributed by atoms with Crippen molar-refractivity contribution in [2.24, 2.45) is 11.8 Å². The number of benzene rings is 2. The predicted octanol–water partition coefficient (Wildman–Crippen LogP) is 5.96. The summed E-state index contributed by atoms with van der Waals surface area (Å²) < 4.78 is 60.3. The van der Waals surface area contributed by atoms with Gasteiger partial charge < -0.3 is 14.7 Å². The molecular weight excluding hydrogens is 528 g/mol. The molecule has 3 fully saturated rings. The minimum Gasteiger partial charge on any atom is -0.478 e. The second-order valence-electron chi connectivity index (χ2n) is 11.5. The van der Waals surface area contributed by atoms with Crippen molar-refractivity contribution in [3.8, 4) is 0 Å². The monoisotopic (exact) mass is 562 g/mol. The molecule has 2 saturated heterocycles. The number of carboxylic acid groups (broad SMARTS) is 1. The van der Waals surface area contributed by atoms with Crippen LogP contribution in [0.5, 0.6) is 0 Å². The number of hydrogen-bond acceptors (Lipinski definition) is 4. The number of ether oxygens (including phenoxy) is 1. The minimum absolute atomic E-state index is 0.00906. The summed E-state index contributed by atoms with van der Waals surface area (Å²) >= 11 is 0. The van der Waals surface area contributed by atoms with E-state index in [2.05, 4.69) is 11.8 Å². The van der Waals surface area contributed by atoms with Crippen molar-refractivity contribution in [2.45, 2.75) is 62.8 Å². The Morgan fingerprint density at radius 1 is 1.10 bits per heavy atom. The van der Waals surface area contributed by atoms with Gasteiger partial charge in [-0.2, -0.15) is 13.2 Å². The van der Waals surface area contributed by atoms with Crippen LogP contribution >= 0.6 is 0 Å². The molecule has 1 N–H and O–H groups in total. The van der Waals surface area contributed by atoms with Crippen molar-refractivity contribution >= 4 is 17.6 Å². The van der Waals surface area contributed by atoms with Crippen LogP contribution in [0, 0.1) is 17.7 Å². The number of piperidine rings is 1. The Balaban J connectivity index is 1.26. The van der Waals surface area contributed by atoms with E-state index >= 15 is 0 Å². The summed E-state index contributed by atoms with van der Waals surface area (Å²) in [5.74, 6) is -1.90. The third-order valence-corrected chi connectivity index (χ3v) is 8.90. The number of carbonyl (C=O) groups is 2. The molecule has 2 aromatic rings. The highest BCUT2D eigenvalue weighted by molar-refractivity contribution is 5.99. The van der Waals surface area contributed by atoms with E-state index in [1.165, 1.54) is 7.05 Å². The van der Waals surface area contributed by atoms with E-state index in [4.69, 9.17) is 4.74 Å². The third kappa shape index (κ3) is 5.61. The minimum atomic E-state index is -4.73. The average molecular weight is 563 g/mol. The number of carboxylic acids is 1. The quantitative estimate of drug-likeness (QED) is 0.440. The van der Waals surface area contributed by atoms with E-state index in [0.717, 1.165) is 54.9 Å². The largest absolute Gasteiger partial charge is 0.478 e. The molecule has 0 aromatic heterocycles. The van der Waals surface area contributed by atoms with Crippen LogP contribution in [0.25, 0.3) is 0 Å². The summed E-state index contributed by atoms with van der Waals surface area (Å²) in [4.78, 5) is 28.6. The van der Waals surface area contributed by atoms with Crippen molar-refractivity contribution in [2.75, 3.05) is 31.6 Å². The number of hydrogen-bond donors (Lipinski definition) is 1. The van der Waals surface area contributed by atoms with Gasteiger partial charge in [0, 0.05) is 25.3 Å². The van der Waals surface area contributed by atoms with Crippen LogP contribution in [0.4, 0.5) is 23.2 Å². The third-order valence-electron chi connectivity index (χ3n) is 8.90. The fourth-order valence-electron chi connectivity index (χ4n) is 6.52. The Hall–Kier alpha value is -2.98. The molecule has 4 atom stereocenters. The van der Waals surface area contributed by atoms with Gasteiger partial charge in [-0.05, 0) is 92.3 Å². The predicted molar refractivity (Wildman–Crippen MR) is 141 cm³/mol. The molecule has 1 amide bonds. The summed E-state index contributed by atoms with van der Waals surface area (Å²) in [5, 5.41) is 9.36. The summed E-state index contributed by atoms with van der Waals surface area (Å²) in [5.41, 5.74) is -1.10.